The van der Waals surface area contributed by atoms with Crippen LogP contribution < -0.4 is 19.5 Å². The number of rotatable bonds is 16. The average molecular weight is 556 g/mol. The van der Waals surface area contributed by atoms with Gasteiger partial charge in [0.1, 0.15) is 5.75 Å². The summed E-state index contributed by atoms with van der Waals surface area (Å²) in [5, 5.41) is 3.60. The maximum absolute atomic E-state index is 5.69. The molecule has 2 aromatic rings. The minimum atomic E-state index is 0. The van der Waals surface area contributed by atoms with Crippen LogP contribution >= 0.6 is 24.8 Å². The zero-order valence-electron chi connectivity index (χ0n) is 23.2. The van der Waals surface area contributed by atoms with Crippen LogP contribution in [0.4, 0.5) is 0 Å². The molecule has 3 rings (SSSR count). The molecule has 7 heteroatoms. The third-order valence-corrected chi connectivity index (χ3v) is 7.25. The van der Waals surface area contributed by atoms with Crippen molar-refractivity contribution in [3.8, 4) is 17.2 Å². The first-order valence-corrected chi connectivity index (χ1v) is 13.5. The fourth-order valence-corrected chi connectivity index (χ4v) is 5.31. The number of ether oxygens (including phenoxy) is 3. The number of nitrogens with zero attached hydrogens (tertiary/aromatic N) is 1. The van der Waals surface area contributed by atoms with Gasteiger partial charge in [0.25, 0.3) is 0 Å². The lowest BCUT2D eigenvalue weighted by Crippen LogP contribution is -2.40. The Morgan fingerprint density at radius 3 is 2.27 bits per heavy atom. The van der Waals surface area contributed by atoms with Crippen molar-refractivity contribution in [3.05, 3.63) is 53.1 Å². The van der Waals surface area contributed by atoms with Crippen LogP contribution in [0.25, 0.3) is 0 Å². The van der Waals surface area contributed by atoms with Gasteiger partial charge in [-0.2, -0.15) is 0 Å². The summed E-state index contributed by atoms with van der Waals surface area (Å²) in [6, 6.07) is 13.3. The molecule has 0 fully saturated rings. The van der Waals surface area contributed by atoms with Crippen molar-refractivity contribution in [2.75, 3.05) is 47.5 Å². The number of unbranched alkanes of at least 4 members (excludes halogenated alkanes) is 3. The lowest BCUT2D eigenvalue weighted by molar-refractivity contribution is 0.175. The molecule has 0 heterocycles. The molecule has 0 amide bonds. The molecular weight excluding hydrogens is 507 g/mol. The summed E-state index contributed by atoms with van der Waals surface area (Å²) in [6.07, 6.45) is 10.8. The van der Waals surface area contributed by atoms with Crippen molar-refractivity contribution in [1.82, 2.24) is 10.2 Å². The molecule has 1 aliphatic rings. The van der Waals surface area contributed by atoms with E-state index in [1.165, 1.54) is 68.3 Å². The van der Waals surface area contributed by atoms with E-state index in [2.05, 4.69) is 41.4 Å². The van der Waals surface area contributed by atoms with Crippen molar-refractivity contribution in [2.24, 2.45) is 0 Å². The summed E-state index contributed by atoms with van der Waals surface area (Å²) in [5.74, 6) is 2.71. The highest BCUT2D eigenvalue weighted by Crippen LogP contribution is 2.38. The Balaban J connectivity index is 0.00000342. The van der Waals surface area contributed by atoms with Crippen molar-refractivity contribution in [1.29, 1.82) is 0 Å². The number of benzene rings is 2. The molecule has 1 N–H and O–H groups in total. The van der Waals surface area contributed by atoms with Gasteiger partial charge in [-0.15, -0.1) is 24.8 Å². The maximum Gasteiger partial charge on any atom is 0.164 e. The van der Waals surface area contributed by atoms with E-state index in [0.717, 1.165) is 49.6 Å². The van der Waals surface area contributed by atoms with Gasteiger partial charge in [0.05, 0.1) is 21.3 Å². The molecule has 0 unspecified atom stereocenters. The number of methoxy groups -OCH3 is 3. The summed E-state index contributed by atoms with van der Waals surface area (Å²) >= 11 is 0. The highest BCUT2D eigenvalue weighted by atomic mass is 35.5. The number of nitrogens with one attached hydrogen (secondary N) is 1. The molecule has 37 heavy (non-hydrogen) atoms. The normalized spacial score (nSPS) is 14.4. The van der Waals surface area contributed by atoms with Crippen molar-refractivity contribution < 1.29 is 14.2 Å². The summed E-state index contributed by atoms with van der Waals surface area (Å²) in [4.78, 5) is 2.74. The van der Waals surface area contributed by atoms with Crippen LogP contribution in [0.15, 0.2) is 36.4 Å². The number of halogens is 2. The largest absolute Gasteiger partial charge is 0.497 e. The molecule has 210 valence electrons. The molecular formula is C30H48Cl2N2O3. The van der Waals surface area contributed by atoms with Crippen molar-refractivity contribution >= 4 is 24.8 Å². The summed E-state index contributed by atoms with van der Waals surface area (Å²) in [5.41, 5.74) is 4.14. The Bertz CT molecular complexity index is 880. The Kier molecular flexibility index (Phi) is 16.7. The van der Waals surface area contributed by atoms with Gasteiger partial charge in [0.15, 0.2) is 11.5 Å². The van der Waals surface area contributed by atoms with Crippen LogP contribution in [0.2, 0.25) is 0 Å². The monoisotopic (exact) mass is 554 g/mol. The topological polar surface area (TPSA) is 43.0 Å². The Labute approximate surface area is 237 Å². The molecule has 5 nitrogen and oxygen atoms in total. The van der Waals surface area contributed by atoms with Gasteiger partial charge in [-0.3, -0.25) is 0 Å². The molecule has 0 aliphatic heterocycles. The summed E-state index contributed by atoms with van der Waals surface area (Å²) in [7, 11) is 5.18. The molecule has 1 aliphatic carbocycles. The summed E-state index contributed by atoms with van der Waals surface area (Å²) in [6.45, 7) is 6.86. The predicted octanol–water partition coefficient (Wildman–Crippen LogP) is 6.52. The van der Waals surface area contributed by atoms with Crippen LogP contribution in [0.3, 0.4) is 0 Å². The van der Waals surface area contributed by atoms with Crippen LogP contribution in [-0.4, -0.2) is 58.5 Å². The first-order chi connectivity index (χ1) is 17.2. The van der Waals surface area contributed by atoms with Gasteiger partial charge in [0, 0.05) is 11.6 Å². The van der Waals surface area contributed by atoms with E-state index in [-0.39, 0.29) is 24.8 Å². The number of hydrogen-bond donors (Lipinski definition) is 1. The standard InChI is InChI=1S/C30H46N2O3.2ClH/c1-5-21-32(26-13-16-28-25(23-26)12-17-29(34-3)30(28)35-4)22-9-7-6-8-19-31-20-18-24-10-14-27(33-2)15-11-24;;/h10-12,14-15,17,26,31H,5-9,13,16,18-23H2,1-4H3;2*1H/t26-;;/m0../s1. The zero-order chi connectivity index (χ0) is 24.9. The van der Waals surface area contributed by atoms with Crippen molar-refractivity contribution in [2.45, 2.75) is 70.8 Å². The van der Waals surface area contributed by atoms with E-state index in [0.29, 0.717) is 6.04 Å². The van der Waals surface area contributed by atoms with E-state index in [1.54, 1.807) is 21.3 Å². The third kappa shape index (κ3) is 10.2. The average Bonchev–Trinajstić information content (AvgIpc) is 2.90. The fraction of sp³-hybridized carbons (Fsp3) is 0.600. The van der Waals surface area contributed by atoms with Crippen LogP contribution in [-0.2, 0) is 19.3 Å². The lowest BCUT2D eigenvalue weighted by atomic mass is 9.86. The third-order valence-electron chi connectivity index (χ3n) is 7.25. The molecule has 1 atom stereocenters. The van der Waals surface area contributed by atoms with Crippen LogP contribution in [0.5, 0.6) is 17.2 Å². The second-order valence-corrected chi connectivity index (χ2v) is 9.63. The second kappa shape index (κ2) is 18.6. The molecule has 0 bridgehead atoms. The Morgan fingerprint density at radius 2 is 1.59 bits per heavy atom. The van der Waals surface area contributed by atoms with E-state index >= 15 is 0 Å². The quantitative estimate of drug-likeness (QED) is 0.239. The highest BCUT2D eigenvalue weighted by molar-refractivity contribution is 5.85. The predicted molar refractivity (Wildman–Crippen MR) is 160 cm³/mol. The summed E-state index contributed by atoms with van der Waals surface area (Å²) < 4.78 is 16.4. The highest BCUT2D eigenvalue weighted by Gasteiger charge is 2.27. The molecule has 0 aromatic heterocycles. The van der Waals surface area contributed by atoms with E-state index in [9.17, 15) is 0 Å². The molecule has 0 radical (unpaired) electrons. The second-order valence-electron chi connectivity index (χ2n) is 9.63. The van der Waals surface area contributed by atoms with Gasteiger partial charge >= 0.3 is 0 Å². The lowest BCUT2D eigenvalue weighted by Gasteiger charge is -2.36. The first kappa shape index (κ1) is 33.4. The smallest absolute Gasteiger partial charge is 0.164 e. The van der Waals surface area contributed by atoms with Crippen molar-refractivity contribution in [3.63, 3.8) is 0 Å². The van der Waals surface area contributed by atoms with E-state index in [4.69, 9.17) is 14.2 Å². The van der Waals surface area contributed by atoms with E-state index in [1.807, 2.05) is 12.1 Å². The maximum atomic E-state index is 5.69. The Hall–Kier alpha value is -1.66. The fourth-order valence-electron chi connectivity index (χ4n) is 5.31. The van der Waals surface area contributed by atoms with Gasteiger partial charge in [-0.05, 0) is 100 Å². The number of hydrogen-bond acceptors (Lipinski definition) is 5. The minimum Gasteiger partial charge on any atom is -0.497 e. The minimum absolute atomic E-state index is 0. The van der Waals surface area contributed by atoms with E-state index < -0.39 is 0 Å². The van der Waals surface area contributed by atoms with Gasteiger partial charge in [0.2, 0.25) is 0 Å². The molecule has 0 saturated heterocycles. The first-order valence-electron chi connectivity index (χ1n) is 13.5. The SMILES string of the molecule is CCCN(CCCCCCNCCc1ccc(OC)cc1)[C@H]1CCc2c(ccc(OC)c2OC)C1.Cl.Cl. The zero-order valence-corrected chi connectivity index (χ0v) is 24.9. The Morgan fingerprint density at radius 1 is 0.838 bits per heavy atom. The van der Waals surface area contributed by atoms with Gasteiger partial charge in [-0.25, -0.2) is 0 Å². The van der Waals surface area contributed by atoms with Crippen LogP contribution in [0, 0.1) is 0 Å². The molecule has 2 aromatic carbocycles. The molecule has 0 spiro atoms. The van der Waals surface area contributed by atoms with Gasteiger partial charge < -0.3 is 24.4 Å². The van der Waals surface area contributed by atoms with Gasteiger partial charge in [-0.1, -0.05) is 38.0 Å². The number of fused-ring (bicyclic) bond motifs is 1. The van der Waals surface area contributed by atoms with Crippen LogP contribution in [0.1, 0.15) is 62.1 Å². The molecule has 0 saturated carbocycles.